The van der Waals surface area contributed by atoms with Crippen molar-refractivity contribution in [1.29, 1.82) is 0 Å². The van der Waals surface area contributed by atoms with Gasteiger partial charge < -0.3 is 16.5 Å². The molecule has 0 amide bonds. The van der Waals surface area contributed by atoms with Gasteiger partial charge in [0.05, 0.1) is 16.6 Å². The molecule has 1 atom stereocenters. The maximum Gasteiger partial charge on any atom is 0.242 e. The van der Waals surface area contributed by atoms with Crippen LogP contribution in [0.1, 0.15) is 18.9 Å². The Morgan fingerprint density at radius 1 is 1.15 bits per heavy atom. The summed E-state index contributed by atoms with van der Waals surface area (Å²) in [6.07, 6.45) is 0.346. The summed E-state index contributed by atoms with van der Waals surface area (Å²) < 4.78 is 54.5. The molecule has 0 saturated heterocycles. The fraction of sp³-hybridized carbons (Fsp3) is 0.263. The molecular formula is C19H23N9O4S2. The number of sulfonamides is 2. The number of nitrogens with one attached hydrogen (secondary N) is 2. The van der Waals surface area contributed by atoms with E-state index in [0.29, 0.717) is 28.6 Å². The summed E-state index contributed by atoms with van der Waals surface area (Å²) in [5, 5.41) is 13.3. The van der Waals surface area contributed by atoms with Gasteiger partial charge in [-0.25, -0.2) is 36.7 Å². The van der Waals surface area contributed by atoms with E-state index in [0.717, 1.165) is 0 Å². The molecule has 1 aliphatic heterocycles. The lowest BCUT2D eigenvalue weighted by molar-refractivity contribution is 0.545. The Bertz CT molecular complexity index is 1540. The standard InChI is InChI=1S/C19H23N9O4S2/c1-10(7-8-20)28-34(31,32)14-6-5-11(12-3-2-4-13-16(12)26-19(21)25-13)15(17(14)33(22,29)30)18-23-9-24-27-18/h2-6,10,28H,7-9,20H2,1H3,(H3,21,25,26)(H2,22,29,30)/t10-/m0/s1. The van der Waals surface area contributed by atoms with Crippen LogP contribution in [0.15, 0.2) is 55.3 Å². The van der Waals surface area contributed by atoms with Crippen molar-refractivity contribution in [2.75, 3.05) is 18.9 Å². The number of aliphatic imine (C=N–C) groups is 1. The van der Waals surface area contributed by atoms with Gasteiger partial charge in [-0.15, -0.1) is 5.11 Å². The number of hydrogen-bond donors (Lipinski definition) is 5. The van der Waals surface area contributed by atoms with E-state index in [1.165, 1.54) is 12.1 Å². The number of nitrogen functional groups attached to an aromatic ring is 1. The Labute approximate surface area is 195 Å². The smallest absolute Gasteiger partial charge is 0.242 e. The molecule has 0 saturated carbocycles. The first-order valence-electron chi connectivity index (χ1n) is 10.1. The highest BCUT2D eigenvalue weighted by Crippen LogP contribution is 2.37. The van der Waals surface area contributed by atoms with E-state index in [2.05, 4.69) is 29.9 Å². The van der Waals surface area contributed by atoms with Gasteiger partial charge in [0.15, 0.2) is 18.5 Å². The van der Waals surface area contributed by atoms with E-state index in [9.17, 15) is 16.8 Å². The summed E-state index contributed by atoms with van der Waals surface area (Å²) in [5.41, 5.74) is 13.1. The number of H-pyrrole nitrogens is 1. The second-order valence-electron chi connectivity index (χ2n) is 7.65. The highest BCUT2D eigenvalue weighted by atomic mass is 32.2. The lowest BCUT2D eigenvalue weighted by Crippen LogP contribution is -2.35. The molecule has 13 nitrogen and oxygen atoms in total. The zero-order chi connectivity index (χ0) is 24.7. The summed E-state index contributed by atoms with van der Waals surface area (Å²) in [6.45, 7) is 1.82. The zero-order valence-corrected chi connectivity index (χ0v) is 19.7. The van der Waals surface area contributed by atoms with Crippen molar-refractivity contribution in [2.45, 2.75) is 29.2 Å². The number of imidazole rings is 1. The Balaban J connectivity index is 2.07. The first kappa shape index (κ1) is 23.9. The fourth-order valence-corrected chi connectivity index (χ4v) is 6.65. The Kier molecular flexibility index (Phi) is 6.22. The molecular weight excluding hydrogens is 482 g/mol. The summed E-state index contributed by atoms with van der Waals surface area (Å²) >= 11 is 0. The monoisotopic (exact) mass is 505 g/mol. The second-order valence-corrected chi connectivity index (χ2v) is 10.8. The molecule has 34 heavy (non-hydrogen) atoms. The predicted octanol–water partition coefficient (Wildman–Crippen LogP) is 0.645. The topological polar surface area (TPSA) is 224 Å². The number of aromatic amines is 1. The van der Waals surface area contributed by atoms with Crippen LogP contribution >= 0.6 is 0 Å². The van der Waals surface area contributed by atoms with Crippen LogP contribution in [0.5, 0.6) is 0 Å². The van der Waals surface area contributed by atoms with Gasteiger partial charge in [0.2, 0.25) is 20.0 Å². The SMILES string of the molecule is C[C@@H](CCN)NS(=O)(=O)c1ccc(-c2cccc3[nH]c(N)nc23)c(C2=NCN=N2)c1S(N)(=O)=O. The second kappa shape index (κ2) is 8.84. The number of anilines is 1. The molecule has 0 bridgehead atoms. The van der Waals surface area contributed by atoms with E-state index in [1.807, 2.05) is 0 Å². The third-order valence-electron chi connectivity index (χ3n) is 5.15. The van der Waals surface area contributed by atoms with Crippen molar-refractivity contribution in [3.63, 3.8) is 0 Å². The first-order chi connectivity index (χ1) is 16.0. The third-order valence-corrected chi connectivity index (χ3v) is 7.90. The zero-order valence-electron chi connectivity index (χ0n) is 18.1. The minimum absolute atomic E-state index is 0.0405. The Morgan fingerprint density at radius 2 is 1.91 bits per heavy atom. The van der Waals surface area contributed by atoms with Crippen LogP contribution in [-0.2, 0) is 20.0 Å². The van der Waals surface area contributed by atoms with Gasteiger partial charge in [-0.3, -0.25) is 0 Å². The molecule has 0 aliphatic carbocycles. The molecule has 4 rings (SSSR count). The number of hydrogen-bond acceptors (Lipinski definition) is 10. The maximum absolute atomic E-state index is 13.2. The van der Waals surface area contributed by atoms with Gasteiger partial charge in [0, 0.05) is 11.6 Å². The normalized spacial score (nSPS) is 15.1. The maximum atomic E-state index is 13.2. The van der Waals surface area contributed by atoms with Crippen LogP contribution in [0.3, 0.4) is 0 Å². The molecule has 0 unspecified atom stereocenters. The van der Waals surface area contributed by atoms with Gasteiger partial charge >= 0.3 is 0 Å². The van der Waals surface area contributed by atoms with E-state index >= 15 is 0 Å². The van der Waals surface area contributed by atoms with Crippen molar-refractivity contribution >= 4 is 42.9 Å². The predicted molar refractivity (Wildman–Crippen MR) is 127 cm³/mol. The minimum atomic E-state index is -4.59. The van der Waals surface area contributed by atoms with Crippen molar-refractivity contribution < 1.29 is 16.8 Å². The minimum Gasteiger partial charge on any atom is -0.369 e. The highest BCUT2D eigenvalue weighted by Gasteiger charge is 2.33. The van der Waals surface area contributed by atoms with E-state index in [1.54, 1.807) is 25.1 Å². The van der Waals surface area contributed by atoms with Crippen LogP contribution in [0.25, 0.3) is 22.2 Å². The van der Waals surface area contributed by atoms with Crippen LogP contribution in [-0.4, -0.2) is 51.9 Å². The lowest BCUT2D eigenvalue weighted by atomic mass is 9.97. The third kappa shape index (κ3) is 4.43. The molecule has 0 radical (unpaired) electrons. The average Bonchev–Trinajstić information content (AvgIpc) is 3.40. The largest absolute Gasteiger partial charge is 0.369 e. The van der Waals surface area contributed by atoms with E-state index < -0.39 is 35.9 Å². The quantitative estimate of drug-likeness (QED) is 0.293. The lowest BCUT2D eigenvalue weighted by Gasteiger charge is -2.19. The van der Waals surface area contributed by atoms with Gasteiger partial charge in [-0.1, -0.05) is 18.2 Å². The molecule has 0 fully saturated rings. The number of rotatable bonds is 8. The number of para-hydroxylation sites is 1. The summed E-state index contributed by atoms with van der Waals surface area (Å²) in [4.78, 5) is 10.2. The number of benzene rings is 2. The van der Waals surface area contributed by atoms with E-state index in [-0.39, 0.29) is 30.6 Å². The summed E-state index contributed by atoms with van der Waals surface area (Å²) in [6, 6.07) is 7.25. The molecule has 2 aromatic carbocycles. The Morgan fingerprint density at radius 3 is 2.56 bits per heavy atom. The molecule has 1 aliphatic rings. The van der Waals surface area contributed by atoms with Gasteiger partial charge in [-0.2, -0.15) is 5.11 Å². The molecule has 2 heterocycles. The van der Waals surface area contributed by atoms with Crippen molar-refractivity contribution in [1.82, 2.24) is 14.7 Å². The number of amidine groups is 1. The first-order valence-corrected chi connectivity index (χ1v) is 13.1. The highest BCUT2D eigenvalue weighted by molar-refractivity contribution is 7.92. The van der Waals surface area contributed by atoms with Gasteiger partial charge in [-0.05, 0) is 37.6 Å². The van der Waals surface area contributed by atoms with Crippen molar-refractivity contribution in [2.24, 2.45) is 26.1 Å². The molecule has 0 spiro atoms. The molecule has 8 N–H and O–H groups in total. The van der Waals surface area contributed by atoms with Crippen LogP contribution in [0.4, 0.5) is 5.95 Å². The van der Waals surface area contributed by atoms with Gasteiger partial charge in [0.25, 0.3) is 0 Å². The summed E-state index contributed by atoms with van der Waals surface area (Å²) in [5.74, 6) is 0.0949. The number of primary sulfonamides is 1. The average molecular weight is 506 g/mol. The summed E-state index contributed by atoms with van der Waals surface area (Å²) in [7, 11) is -8.91. The molecule has 1 aromatic heterocycles. The Hall–Kier alpha value is -3.24. The number of nitrogens with two attached hydrogens (primary N) is 3. The van der Waals surface area contributed by atoms with Gasteiger partial charge in [0.1, 0.15) is 9.79 Å². The number of azo groups is 1. The molecule has 15 heteroatoms. The number of nitrogens with zero attached hydrogens (tertiary/aromatic N) is 4. The van der Waals surface area contributed by atoms with Crippen LogP contribution in [0, 0.1) is 0 Å². The molecule has 180 valence electrons. The van der Waals surface area contributed by atoms with Crippen molar-refractivity contribution in [3.8, 4) is 11.1 Å². The number of aromatic nitrogens is 2. The van der Waals surface area contributed by atoms with E-state index in [4.69, 9.17) is 16.6 Å². The molecule has 3 aromatic rings. The fourth-order valence-electron chi connectivity index (χ4n) is 3.77. The number of fused-ring (bicyclic) bond motifs is 1. The van der Waals surface area contributed by atoms with Crippen LogP contribution in [0.2, 0.25) is 0 Å². The van der Waals surface area contributed by atoms with Crippen LogP contribution < -0.4 is 21.3 Å². The van der Waals surface area contributed by atoms with Crippen molar-refractivity contribution in [3.05, 3.63) is 35.9 Å².